The molecule has 1 aliphatic rings. The first-order chi connectivity index (χ1) is 9.75. The second-order valence-electron chi connectivity index (χ2n) is 5.36. The molecule has 1 aliphatic heterocycles. The zero-order valence-electron chi connectivity index (χ0n) is 11.9. The molecule has 1 saturated heterocycles. The van der Waals surface area contributed by atoms with Gasteiger partial charge < -0.3 is 10.2 Å². The van der Waals surface area contributed by atoms with Gasteiger partial charge in [-0.1, -0.05) is 25.0 Å². The Morgan fingerprint density at radius 2 is 1.75 bits per heavy atom. The largest absolute Gasteiger partial charge is 0.311 e. The summed E-state index contributed by atoms with van der Waals surface area (Å²) in [5, 5.41) is 14.0. The smallest absolute Gasteiger partial charge is 0.269 e. The summed E-state index contributed by atoms with van der Waals surface area (Å²) in [6.07, 6.45) is 5.38. The number of benzene rings is 1. The third-order valence-electron chi connectivity index (χ3n) is 3.78. The Kier molecular flexibility index (Phi) is 5.95. The van der Waals surface area contributed by atoms with E-state index in [2.05, 4.69) is 10.2 Å². The maximum atomic E-state index is 10.6. The normalized spacial score (nSPS) is 16.8. The Labute approximate surface area is 120 Å². The molecular formula is C15H23N3O2. The SMILES string of the molecule is O=[N+]([O-])c1ccc(CNCCN2CCCCCC2)cc1. The predicted molar refractivity (Wildman–Crippen MR) is 79.7 cm³/mol. The lowest BCUT2D eigenvalue weighted by Gasteiger charge is -2.19. The van der Waals surface area contributed by atoms with Gasteiger partial charge in [-0.25, -0.2) is 0 Å². The molecule has 1 aromatic carbocycles. The van der Waals surface area contributed by atoms with Crippen molar-refractivity contribution in [2.24, 2.45) is 0 Å². The van der Waals surface area contributed by atoms with Gasteiger partial charge in [0.05, 0.1) is 4.92 Å². The van der Waals surface area contributed by atoms with Gasteiger partial charge in [0.25, 0.3) is 5.69 Å². The molecule has 0 saturated carbocycles. The van der Waals surface area contributed by atoms with E-state index in [0.717, 1.165) is 25.2 Å². The second kappa shape index (κ2) is 7.97. The topological polar surface area (TPSA) is 58.4 Å². The summed E-state index contributed by atoms with van der Waals surface area (Å²) >= 11 is 0. The third-order valence-corrected chi connectivity index (χ3v) is 3.78. The lowest BCUT2D eigenvalue weighted by molar-refractivity contribution is -0.384. The van der Waals surface area contributed by atoms with Gasteiger partial charge in [0.1, 0.15) is 0 Å². The van der Waals surface area contributed by atoms with Gasteiger partial charge in [0.15, 0.2) is 0 Å². The number of hydrogen-bond donors (Lipinski definition) is 1. The average molecular weight is 277 g/mol. The molecule has 2 rings (SSSR count). The van der Waals surface area contributed by atoms with Crippen molar-refractivity contribution in [1.29, 1.82) is 0 Å². The van der Waals surface area contributed by atoms with Gasteiger partial charge in [-0.2, -0.15) is 0 Å². The number of non-ortho nitro benzene ring substituents is 1. The molecule has 1 fully saturated rings. The van der Waals surface area contributed by atoms with E-state index < -0.39 is 0 Å². The van der Waals surface area contributed by atoms with Gasteiger partial charge in [0, 0.05) is 31.8 Å². The summed E-state index contributed by atoms with van der Waals surface area (Å²) in [6.45, 7) is 5.27. The van der Waals surface area contributed by atoms with Gasteiger partial charge >= 0.3 is 0 Å². The van der Waals surface area contributed by atoms with Crippen LogP contribution in [0.5, 0.6) is 0 Å². The molecule has 20 heavy (non-hydrogen) atoms. The van der Waals surface area contributed by atoms with Crippen LogP contribution in [0.2, 0.25) is 0 Å². The van der Waals surface area contributed by atoms with Crippen LogP contribution in [-0.2, 0) is 6.54 Å². The molecule has 1 heterocycles. The Morgan fingerprint density at radius 1 is 1.10 bits per heavy atom. The van der Waals surface area contributed by atoms with Crippen LogP contribution in [0.15, 0.2) is 24.3 Å². The van der Waals surface area contributed by atoms with E-state index in [4.69, 9.17) is 0 Å². The highest BCUT2D eigenvalue weighted by Gasteiger charge is 2.08. The fourth-order valence-electron chi connectivity index (χ4n) is 2.57. The molecule has 0 atom stereocenters. The summed E-state index contributed by atoms with van der Waals surface area (Å²) in [5.41, 5.74) is 1.24. The van der Waals surface area contributed by atoms with E-state index in [1.807, 2.05) is 12.1 Å². The fourth-order valence-corrected chi connectivity index (χ4v) is 2.57. The van der Waals surface area contributed by atoms with Gasteiger partial charge in [-0.05, 0) is 31.5 Å². The molecule has 0 spiro atoms. The summed E-state index contributed by atoms with van der Waals surface area (Å²) in [6, 6.07) is 6.76. The van der Waals surface area contributed by atoms with E-state index in [-0.39, 0.29) is 10.6 Å². The number of nitrogens with zero attached hydrogens (tertiary/aromatic N) is 2. The van der Waals surface area contributed by atoms with Crippen LogP contribution in [0, 0.1) is 10.1 Å². The summed E-state index contributed by atoms with van der Waals surface area (Å²) < 4.78 is 0. The highest BCUT2D eigenvalue weighted by molar-refractivity contribution is 5.32. The van der Waals surface area contributed by atoms with Crippen LogP contribution in [-0.4, -0.2) is 36.0 Å². The molecule has 0 unspecified atom stereocenters. The van der Waals surface area contributed by atoms with Crippen LogP contribution in [0.4, 0.5) is 5.69 Å². The Balaban J connectivity index is 1.66. The molecule has 5 nitrogen and oxygen atoms in total. The third kappa shape index (κ3) is 4.90. The Hall–Kier alpha value is -1.46. The van der Waals surface area contributed by atoms with Crippen LogP contribution in [0.3, 0.4) is 0 Å². The lowest BCUT2D eigenvalue weighted by atomic mass is 10.2. The average Bonchev–Trinajstić information content (AvgIpc) is 2.73. The maximum absolute atomic E-state index is 10.6. The van der Waals surface area contributed by atoms with Crippen molar-refractivity contribution >= 4 is 5.69 Å². The van der Waals surface area contributed by atoms with Gasteiger partial charge in [-0.3, -0.25) is 10.1 Å². The monoisotopic (exact) mass is 277 g/mol. The van der Waals surface area contributed by atoms with Crippen LogP contribution >= 0.6 is 0 Å². The first kappa shape index (κ1) is 14.9. The molecule has 0 bridgehead atoms. The van der Waals surface area contributed by atoms with E-state index in [1.165, 1.54) is 38.8 Å². The van der Waals surface area contributed by atoms with E-state index in [0.29, 0.717) is 0 Å². The highest BCUT2D eigenvalue weighted by Crippen LogP contribution is 2.12. The molecule has 0 radical (unpaired) electrons. The van der Waals surface area contributed by atoms with Gasteiger partial charge in [-0.15, -0.1) is 0 Å². The molecule has 1 N–H and O–H groups in total. The maximum Gasteiger partial charge on any atom is 0.269 e. The van der Waals surface area contributed by atoms with E-state index in [9.17, 15) is 10.1 Å². The number of hydrogen-bond acceptors (Lipinski definition) is 4. The second-order valence-corrected chi connectivity index (χ2v) is 5.36. The minimum atomic E-state index is -0.365. The molecule has 1 aromatic rings. The Bertz CT molecular complexity index is 412. The summed E-state index contributed by atoms with van der Waals surface area (Å²) in [7, 11) is 0. The minimum Gasteiger partial charge on any atom is -0.311 e. The van der Waals surface area contributed by atoms with Crippen molar-refractivity contribution < 1.29 is 4.92 Å². The van der Waals surface area contributed by atoms with Crippen molar-refractivity contribution in [3.05, 3.63) is 39.9 Å². The highest BCUT2D eigenvalue weighted by atomic mass is 16.6. The lowest BCUT2D eigenvalue weighted by Crippen LogP contribution is -2.32. The predicted octanol–water partition coefficient (Wildman–Crippen LogP) is 2.56. The molecule has 110 valence electrons. The van der Waals surface area contributed by atoms with E-state index in [1.54, 1.807) is 12.1 Å². The molecule has 5 heteroatoms. The van der Waals surface area contributed by atoms with Gasteiger partial charge in [0.2, 0.25) is 0 Å². The summed E-state index contributed by atoms with van der Waals surface area (Å²) in [5.74, 6) is 0. The molecule has 0 amide bonds. The Morgan fingerprint density at radius 3 is 2.35 bits per heavy atom. The number of likely N-dealkylation sites (tertiary alicyclic amines) is 1. The number of nitro groups is 1. The number of rotatable bonds is 6. The first-order valence-corrected chi connectivity index (χ1v) is 7.42. The van der Waals surface area contributed by atoms with Crippen LogP contribution in [0.25, 0.3) is 0 Å². The van der Waals surface area contributed by atoms with Crippen molar-refractivity contribution in [2.75, 3.05) is 26.2 Å². The molecular weight excluding hydrogens is 254 g/mol. The zero-order valence-corrected chi connectivity index (χ0v) is 11.9. The zero-order chi connectivity index (χ0) is 14.2. The fraction of sp³-hybridized carbons (Fsp3) is 0.600. The standard InChI is InChI=1S/C15H23N3O2/c19-18(20)15-7-5-14(6-8-15)13-16-9-12-17-10-3-1-2-4-11-17/h5-8,16H,1-4,9-13H2. The van der Waals surface area contributed by atoms with Crippen molar-refractivity contribution in [2.45, 2.75) is 32.2 Å². The van der Waals surface area contributed by atoms with E-state index >= 15 is 0 Å². The first-order valence-electron chi connectivity index (χ1n) is 7.42. The number of nitro benzene ring substituents is 1. The molecule has 0 aromatic heterocycles. The number of nitrogens with one attached hydrogen (secondary N) is 1. The van der Waals surface area contributed by atoms with Crippen LogP contribution < -0.4 is 5.32 Å². The quantitative estimate of drug-likeness (QED) is 0.493. The van der Waals surface area contributed by atoms with Crippen molar-refractivity contribution in [3.63, 3.8) is 0 Å². The van der Waals surface area contributed by atoms with Crippen molar-refractivity contribution in [1.82, 2.24) is 10.2 Å². The molecule has 0 aliphatic carbocycles. The summed E-state index contributed by atoms with van der Waals surface area (Å²) in [4.78, 5) is 12.7. The van der Waals surface area contributed by atoms with Crippen LogP contribution in [0.1, 0.15) is 31.2 Å². The van der Waals surface area contributed by atoms with Crippen molar-refractivity contribution in [3.8, 4) is 0 Å². The minimum absolute atomic E-state index is 0.151.